The Morgan fingerprint density at radius 2 is 1.31 bits per heavy atom. The molecule has 0 amide bonds. The predicted molar refractivity (Wildman–Crippen MR) is 114 cm³/mol. The van der Waals surface area contributed by atoms with E-state index >= 15 is 0 Å². The van der Waals surface area contributed by atoms with Gasteiger partial charge in [0.1, 0.15) is 5.75 Å². The SMILES string of the molecule is O=S(=O)(O)C(c1ccc(O)cc1)(c1cc(Cl)cc(Cl)c1)c1ccc(Cl)c(O)c1Cl. The summed E-state index contributed by atoms with van der Waals surface area (Å²) in [7, 11) is -5.02. The minimum atomic E-state index is -5.02. The van der Waals surface area contributed by atoms with Gasteiger partial charge >= 0.3 is 0 Å². The molecule has 0 aliphatic heterocycles. The molecule has 10 heteroatoms. The maximum Gasteiger partial charge on any atom is 0.283 e. The van der Waals surface area contributed by atoms with Crippen LogP contribution in [0.1, 0.15) is 16.7 Å². The summed E-state index contributed by atoms with van der Waals surface area (Å²) in [5.41, 5.74) is -0.209. The summed E-state index contributed by atoms with van der Waals surface area (Å²) in [5.74, 6) is -0.696. The zero-order valence-corrected chi connectivity index (χ0v) is 18.1. The summed E-state index contributed by atoms with van der Waals surface area (Å²) < 4.78 is 34.0. The summed E-state index contributed by atoms with van der Waals surface area (Å²) >= 11 is 24.4. The highest BCUT2D eigenvalue weighted by Gasteiger charge is 2.50. The number of benzene rings is 3. The standard InChI is InChI=1S/C19H12Cl4O5S/c20-12-7-11(8-13(21)9-12)19(29(26,27)28,10-1-3-14(24)4-2-10)15-5-6-16(22)18(25)17(15)23/h1-9,24-25H,(H,26,27,28). The Labute approximate surface area is 186 Å². The lowest BCUT2D eigenvalue weighted by molar-refractivity contribution is 0.455. The van der Waals surface area contributed by atoms with Crippen LogP contribution in [0.5, 0.6) is 11.5 Å². The highest BCUT2D eigenvalue weighted by atomic mass is 35.5. The van der Waals surface area contributed by atoms with Crippen LogP contribution in [0.2, 0.25) is 20.1 Å². The number of rotatable bonds is 4. The molecular formula is C19H12Cl4O5S. The molecule has 0 bridgehead atoms. The largest absolute Gasteiger partial charge is 0.508 e. The van der Waals surface area contributed by atoms with Gasteiger partial charge in [0.25, 0.3) is 10.1 Å². The average Bonchev–Trinajstić information content (AvgIpc) is 2.61. The van der Waals surface area contributed by atoms with Crippen LogP contribution in [-0.2, 0) is 14.9 Å². The molecule has 5 nitrogen and oxygen atoms in total. The van der Waals surface area contributed by atoms with E-state index < -0.39 is 20.6 Å². The van der Waals surface area contributed by atoms with Crippen molar-refractivity contribution in [3.63, 3.8) is 0 Å². The first-order chi connectivity index (χ1) is 13.5. The molecule has 1 atom stereocenters. The van der Waals surface area contributed by atoms with Gasteiger partial charge in [-0.25, -0.2) is 0 Å². The number of halogens is 4. The Bertz CT molecular complexity index is 1180. The maximum atomic E-state index is 12.9. The van der Waals surface area contributed by atoms with E-state index in [-0.39, 0.29) is 42.5 Å². The van der Waals surface area contributed by atoms with Crippen molar-refractivity contribution >= 4 is 56.5 Å². The van der Waals surface area contributed by atoms with Crippen LogP contribution in [0.15, 0.2) is 54.6 Å². The van der Waals surface area contributed by atoms with Crippen LogP contribution < -0.4 is 0 Å². The minimum absolute atomic E-state index is 0.0137. The van der Waals surface area contributed by atoms with Crippen LogP contribution in [0.25, 0.3) is 0 Å². The van der Waals surface area contributed by atoms with Gasteiger partial charge in [-0.1, -0.05) is 64.6 Å². The molecule has 3 N–H and O–H groups in total. The zero-order chi connectivity index (χ0) is 21.6. The molecule has 3 aromatic rings. The third kappa shape index (κ3) is 3.77. The zero-order valence-electron chi connectivity index (χ0n) is 14.3. The van der Waals surface area contributed by atoms with Crippen molar-refractivity contribution in [2.45, 2.75) is 4.75 Å². The minimum Gasteiger partial charge on any atom is -0.508 e. The molecule has 1 unspecified atom stereocenters. The Morgan fingerprint density at radius 3 is 1.83 bits per heavy atom. The lowest BCUT2D eigenvalue weighted by Gasteiger charge is -2.33. The summed E-state index contributed by atoms with van der Waals surface area (Å²) in [4.78, 5) is 0. The van der Waals surface area contributed by atoms with Crippen LogP contribution >= 0.6 is 46.4 Å². The fraction of sp³-hybridized carbons (Fsp3) is 0.0526. The van der Waals surface area contributed by atoms with Gasteiger partial charge in [0, 0.05) is 15.6 Å². The number of aromatic hydroxyl groups is 2. The van der Waals surface area contributed by atoms with Crippen molar-refractivity contribution in [2.24, 2.45) is 0 Å². The lowest BCUT2D eigenvalue weighted by atomic mass is 9.83. The molecule has 0 aliphatic carbocycles. The predicted octanol–water partition coefficient (Wildman–Crippen LogP) is 5.89. The van der Waals surface area contributed by atoms with E-state index in [1.165, 1.54) is 54.6 Å². The van der Waals surface area contributed by atoms with Gasteiger partial charge < -0.3 is 10.2 Å². The van der Waals surface area contributed by atoms with E-state index in [4.69, 9.17) is 46.4 Å². The highest BCUT2D eigenvalue weighted by Crippen LogP contribution is 2.50. The fourth-order valence-corrected chi connectivity index (χ4v) is 5.57. The second-order valence-electron chi connectivity index (χ2n) is 6.12. The third-order valence-corrected chi connectivity index (χ3v) is 6.97. The Balaban J connectivity index is 2.58. The van der Waals surface area contributed by atoms with Crippen molar-refractivity contribution < 1.29 is 23.2 Å². The lowest BCUT2D eigenvalue weighted by Crippen LogP contribution is -2.38. The Morgan fingerprint density at radius 1 is 0.759 bits per heavy atom. The summed E-state index contributed by atoms with van der Waals surface area (Å²) in [5, 5.41) is 19.6. The number of hydrogen-bond donors (Lipinski definition) is 3. The Kier molecular flexibility index (Phi) is 5.98. The quantitative estimate of drug-likeness (QED) is 0.311. The van der Waals surface area contributed by atoms with Crippen molar-refractivity contribution in [1.29, 1.82) is 0 Å². The van der Waals surface area contributed by atoms with Gasteiger partial charge in [-0.15, -0.1) is 0 Å². The van der Waals surface area contributed by atoms with E-state index in [0.717, 1.165) is 0 Å². The second kappa shape index (κ2) is 7.87. The van der Waals surface area contributed by atoms with E-state index in [9.17, 15) is 23.2 Å². The molecule has 0 radical (unpaired) electrons. The maximum absolute atomic E-state index is 12.9. The molecule has 0 heterocycles. The molecule has 0 aliphatic rings. The monoisotopic (exact) mass is 492 g/mol. The van der Waals surface area contributed by atoms with Crippen LogP contribution in [0.3, 0.4) is 0 Å². The summed E-state index contributed by atoms with van der Waals surface area (Å²) in [6.45, 7) is 0. The van der Waals surface area contributed by atoms with Crippen molar-refractivity contribution in [1.82, 2.24) is 0 Å². The van der Waals surface area contributed by atoms with Crippen LogP contribution in [-0.4, -0.2) is 23.2 Å². The van der Waals surface area contributed by atoms with Gasteiger partial charge in [0.2, 0.25) is 0 Å². The van der Waals surface area contributed by atoms with E-state index in [0.29, 0.717) is 0 Å². The molecule has 3 rings (SSSR count). The molecule has 0 fully saturated rings. The average molecular weight is 494 g/mol. The van der Waals surface area contributed by atoms with E-state index in [2.05, 4.69) is 0 Å². The van der Waals surface area contributed by atoms with Crippen LogP contribution in [0.4, 0.5) is 0 Å². The van der Waals surface area contributed by atoms with Crippen molar-refractivity contribution in [3.8, 4) is 11.5 Å². The molecule has 152 valence electrons. The first-order valence-electron chi connectivity index (χ1n) is 7.89. The molecular weight excluding hydrogens is 482 g/mol. The van der Waals surface area contributed by atoms with Crippen molar-refractivity contribution in [3.05, 3.63) is 91.4 Å². The second-order valence-corrected chi connectivity index (χ2v) is 9.34. The summed E-state index contributed by atoms with van der Waals surface area (Å²) in [6.07, 6.45) is 0. The number of phenols is 2. The molecule has 3 aromatic carbocycles. The molecule has 0 aromatic heterocycles. The van der Waals surface area contributed by atoms with E-state index in [1.807, 2.05) is 0 Å². The number of phenolic OH excluding ortho intramolecular Hbond substituents is 2. The van der Waals surface area contributed by atoms with Gasteiger partial charge in [-0.3, -0.25) is 4.55 Å². The summed E-state index contributed by atoms with van der Waals surface area (Å²) in [6, 6.07) is 11.6. The fourth-order valence-electron chi connectivity index (χ4n) is 3.18. The smallest absolute Gasteiger partial charge is 0.283 e. The topological polar surface area (TPSA) is 94.8 Å². The van der Waals surface area contributed by atoms with Gasteiger partial charge in [-0.2, -0.15) is 8.42 Å². The number of hydrogen-bond acceptors (Lipinski definition) is 4. The Hall–Kier alpha value is -1.67. The third-order valence-electron chi connectivity index (χ3n) is 4.38. The van der Waals surface area contributed by atoms with E-state index in [1.54, 1.807) is 0 Å². The van der Waals surface area contributed by atoms with Gasteiger partial charge in [0.05, 0.1) is 10.0 Å². The van der Waals surface area contributed by atoms with Gasteiger partial charge in [0.15, 0.2) is 10.5 Å². The molecule has 0 spiro atoms. The first-order valence-corrected chi connectivity index (χ1v) is 10.8. The van der Waals surface area contributed by atoms with Gasteiger partial charge in [-0.05, 0) is 47.5 Å². The molecule has 0 saturated carbocycles. The normalized spacial score (nSPS) is 13.8. The van der Waals surface area contributed by atoms with Crippen LogP contribution in [0, 0.1) is 0 Å². The molecule has 0 saturated heterocycles. The molecule has 29 heavy (non-hydrogen) atoms. The first kappa shape index (κ1) is 22.0. The highest BCUT2D eigenvalue weighted by molar-refractivity contribution is 7.87. The van der Waals surface area contributed by atoms with Crippen molar-refractivity contribution in [2.75, 3.05) is 0 Å².